The summed E-state index contributed by atoms with van der Waals surface area (Å²) < 4.78 is 10.6. The molecule has 0 aromatic heterocycles. The lowest BCUT2D eigenvalue weighted by atomic mass is 9.85. The number of hydrogen-bond acceptors (Lipinski definition) is 4. The minimum atomic E-state index is -0.276. The summed E-state index contributed by atoms with van der Waals surface area (Å²) in [6, 6.07) is 5.47. The highest BCUT2D eigenvalue weighted by atomic mass is 16.5. The number of benzene rings is 1. The summed E-state index contributed by atoms with van der Waals surface area (Å²) >= 11 is 0. The van der Waals surface area contributed by atoms with Crippen molar-refractivity contribution in [3.8, 4) is 11.5 Å². The molecule has 1 aromatic carbocycles. The maximum Gasteiger partial charge on any atom is 0.222 e. The van der Waals surface area contributed by atoms with Gasteiger partial charge in [0, 0.05) is 11.6 Å². The number of carbonyl (C=O) groups is 1. The molecule has 19 heavy (non-hydrogen) atoms. The van der Waals surface area contributed by atoms with Crippen LogP contribution >= 0.6 is 0 Å². The molecule has 5 nitrogen and oxygen atoms in total. The van der Waals surface area contributed by atoms with E-state index in [4.69, 9.17) is 15.2 Å². The molecular weight excluding hydrogens is 244 g/mol. The first-order valence-electron chi connectivity index (χ1n) is 6.42. The van der Waals surface area contributed by atoms with Gasteiger partial charge in [-0.3, -0.25) is 4.79 Å². The molecule has 0 saturated carbocycles. The largest absolute Gasteiger partial charge is 0.497 e. The minimum Gasteiger partial charge on any atom is -0.497 e. The van der Waals surface area contributed by atoms with Gasteiger partial charge < -0.3 is 20.5 Å². The van der Waals surface area contributed by atoms with Gasteiger partial charge in [0.15, 0.2) is 0 Å². The van der Waals surface area contributed by atoms with Crippen LogP contribution in [0.4, 0.5) is 0 Å². The van der Waals surface area contributed by atoms with E-state index in [1.165, 1.54) is 0 Å². The Morgan fingerprint density at radius 1 is 1.37 bits per heavy atom. The van der Waals surface area contributed by atoms with Crippen LogP contribution in [0.5, 0.6) is 11.5 Å². The van der Waals surface area contributed by atoms with Crippen molar-refractivity contribution in [2.45, 2.75) is 18.9 Å². The fraction of sp³-hybridized carbons (Fsp3) is 0.500. The third kappa shape index (κ3) is 2.81. The second-order valence-corrected chi connectivity index (χ2v) is 4.69. The van der Waals surface area contributed by atoms with Gasteiger partial charge in [-0.15, -0.1) is 0 Å². The molecule has 1 aliphatic heterocycles. The van der Waals surface area contributed by atoms with Crippen LogP contribution in [0.15, 0.2) is 18.2 Å². The van der Waals surface area contributed by atoms with Crippen molar-refractivity contribution in [2.75, 3.05) is 20.8 Å². The Balaban J connectivity index is 2.39. The van der Waals surface area contributed by atoms with E-state index in [9.17, 15) is 4.79 Å². The van der Waals surface area contributed by atoms with Crippen LogP contribution in [0.25, 0.3) is 0 Å². The summed E-state index contributed by atoms with van der Waals surface area (Å²) in [7, 11) is 3.23. The molecule has 2 unspecified atom stereocenters. The third-order valence-corrected chi connectivity index (χ3v) is 3.60. The van der Waals surface area contributed by atoms with Crippen molar-refractivity contribution in [2.24, 2.45) is 11.7 Å². The molecule has 1 amide bonds. The van der Waals surface area contributed by atoms with Gasteiger partial charge >= 0.3 is 0 Å². The first-order chi connectivity index (χ1) is 9.17. The average molecular weight is 264 g/mol. The Hall–Kier alpha value is -1.75. The summed E-state index contributed by atoms with van der Waals surface area (Å²) in [5.74, 6) is 0.995. The molecule has 104 valence electrons. The van der Waals surface area contributed by atoms with Crippen molar-refractivity contribution in [1.29, 1.82) is 0 Å². The van der Waals surface area contributed by atoms with Crippen LogP contribution in [0.3, 0.4) is 0 Å². The van der Waals surface area contributed by atoms with E-state index in [1.807, 2.05) is 18.2 Å². The molecule has 3 N–H and O–H groups in total. The van der Waals surface area contributed by atoms with Crippen molar-refractivity contribution in [3.63, 3.8) is 0 Å². The molecule has 0 bridgehead atoms. The van der Waals surface area contributed by atoms with E-state index >= 15 is 0 Å². The zero-order valence-corrected chi connectivity index (χ0v) is 11.3. The normalized spacial score (nSPS) is 22.8. The van der Waals surface area contributed by atoms with E-state index in [1.54, 1.807) is 14.2 Å². The molecule has 0 spiro atoms. The Labute approximate surface area is 113 Å². The highest BCUT2D eigenvalue weighted by Crippen LogP contribution is 2.36. The van der Waals surface area contributed by atoms with Crippen LogP contribution in [0.1, 0.15) is 24.4 Å². The number of nitrogens with one attached hydrogen (secondary N) is 1. The summed E-state index contributed by atoms with van der Waals surface area (Å²) in [5, 5.41) is 3.36. The van der Waals surface area contributed by atoms with Gasteiger partial charge in [0.05, 0.1) is 20.1 Å². The fourth-order valence-corrected chi connectivity index (χ4v) is 2.60. The molecule has 5 heteroatoms. The summed E-state index contributed by atoms with van der Waals surface area (Å²) in [4.78, 5) is 11.6. The van der Waals surface area contributed by atoms with E-state index in [-0.39, 0.29) is 17.9 Å². The maximum atomic E-state index is 11.6. The number of ether oxygens (including phenoxy) is 2. The van der Waals surface area contributed by atoms with Crippen molar-refractivity contribution in [1.82, 2.24) is 5.32 Å². The van der Waals surface area contributed by atoms with Crippen LogP contribution in [0, 0.1) is 5.92 Å². The van der Waals surface area contributed by atoms with E-state index in [0.29, 0.717) is 0 Å². The molecule has 1 aliphatic rings. The number of methoxy groups -OCH3 is 2. The fourth-order valence-electron chi connectivity index (χ4n) is 2.60. The van der Waals surface area contributed by atoms with Gasteiger partial charge in [-0.2, -0.15) is 0 Å². The van der Waals surface area contributed by atoms with Gasteiger partial charge in [-0.25, -0.2) is 0 Å². The van der Waals surface area contributed by atoms with Gasteiger partial charge in [-0.05, 0) is 37.6 Å². The highest BCUT2D eigenvalue weighted by molar-refractivity contribution is 5.78. The lowest BCUT2D eigenvalue weighted by molar-refractivity contribution is -0.123. The lowest BCUT2D eigenvalue weighted by Gasteiger charge is -2.31. The van der Waals surface area contributed by atoms with E-state index in [0.717, 1.165) is 36.4 Å². The summed E-state index contributed by atoms with van der Waals surface area (Å²) in [6.07, 6.45) is 1.75. The molecule has 1 saturated heterocycles. The zero-order chi connectivity index (χ0) is 13.8. The number of piperidine rings is 1. The third-order valence-electron chi connectivity index (χ3n) is 3.60. The standard InChI is InChI=1S/C14H20N2O3/c1-18-9-5-6-12(19-2)11(8-9)13-10(14(15)17)4-3-7-16-13/h5-6,8,10,13,16H,3-4,7H2,1-2H3,(H2,15,17). The van der Waals surface area contributed by atoms with Crippen LogP contribution in [-0.4, -0.2) is 26.7 Å². The molecule has 1 heterocycles. The first-order valence-corrected chi connectivity index (χ1v) is 6.42. The molecular formula is C14H20N2O3. The van der Waals surface area contributed by atoms with Gasteiger partial charge in [-0.1, -0.05) is 0 Å². The molecule has 0 aliphatic carbocycles. The smallest absolute Gasteiger partial charge is 0.222 e. The Bertz CT molecular complexity index is 462. The number of rotatable bonds is 4. The Morgan fingerprint density at radius 2 is 2.16 bits per heavy atom. The van der Waals surface area contributed by atoms with Crippen molar-refractivity contribution < 1.29 is 14.3 Å². The highest BCUT2D eigenvalue weighted by Gasteiger charge is 2.32. The Morgan fingerprint density at radius 3 is 2.79 bits per heavy atom. The number of primary amides is 1. The van der Waals surface area contributed by atoms with Crippen LogP contribution in [-0.2, 0) is 4.79 Å². The van der Waals surface area contributed by atoms with Crippen molar-refractivity contribution in [3.05, 3.63) is 23.8 Å². The van der Waals surface area contributed by atoms with Gasteiger partial charge in [0.2, 0.25) is 5.91 Å². The lowest BCUT2D eigenvalue weighted by Crippen LogP contribution is -2.41. The van der Waals surface area contributed by atoms with Gasteiger partial charge in [0.25, 0.3) is 0 Å². The quantitative estimate of drug-likeness (QED) is 0.858. The maximum absolute atomic E-state index is 11.6. The van der Waals surface area contributed by atoms with Gasteiger partial charge in [0.1, 0.15) is 11.5 Å². The SMILES string of the molecule is COc1ccc(OC)c(C2NCCCC2C(N)=O)c1. The zero-order valence-electron chi connectivity index (χ0n) is 11.3. The average Bonchev–Trinajstić information content (AvgIpc) is 2.46. The summed E-state index contributed by atoms with van der Waals surface area (Å²) in [5.41, 5.74) is 6.43. The Kier molecular flexibility index (Phi) is 4.27. The van der Waals surface area contributed by atoms with E-state index < -0.39 is 0 Å². The predicted molar refractivity (Wildman–Crippen MR) is 72.2 cm³/mol. The molecule has 1 aromatic rings. The summed E-state index contributed by atoms with van der Waals surface area (Å²) in [6.45, 7) is 0.870. The molecule has 1 fully saturated rings. The number of nitrogens with two attached hydrogens (primary N) is 1. The first kappa shape index (κ1) is 13.7. The van der Waals surface area contributed by atoms with E-state index in [2.05, 4.69) is 5.32 Å². The molecule has 2 rings (SSSR count). The second-order valence-electron chi connectivity index (χ2n) is 4.69. The molecule has 0 radical (unpaired) electrons. The second kappa shape index (κ2) is 5.93. The number of carbonyl (C=O) groups excluding carboxylic acids is 1. The molecule has 2 atom stereocenters. The predicted octanol–water partition coefficient (Wildman–Crippen LogP) is 1.23. The van der Waals surface area contributed by atoms with Crippen molar-refractivity contribution >= 4 is 5.91 Å². The van der Waals surface area contributed by atoms with Crippen LogP contribution in [0.2, 0.25) is 0 Å². The van der Waals surface area contributed by atoms with Crippen LogP contribution < -0.4 is 20.5 Å². The number of amides is 1. The monoisotopic (exact) mass is 264 g/mol. The minimum absolute atomic E-state index is 0.115. The number of hydrogen-bond donors (Lipinski definition) is 2. The topological polar surface area (TPSA) is 73.6 Å².